The van der Waals surface area contributed by atoms with Crippen molar-refractivity contribution in [3.8, 4) is 0 Å². The third-order valence-corrected chi connectivity index (χ3v) is 5.50. The average molecular weight is 444 g/mol. The number of hydrogen-bond acceptors (Lipinski definition) is 3. The summed E-state index contributed by atoms with van der Waals surface area (Å²) >= 11 is 2.10. The van der Waals surface area contributed by atoms with E-state index < -0.39 is 10.0 Å². The molecule has 2 N–H and O–H groups in total. The standard InChI is InChI=1S/C16H17IN2O3S/c1-2-11-18-23(21,22)13-9-7-12(8-10-13)19-16(20)14-5-3-4-6-15(14)17/h3-10,18H,2,11H2,1H3,(H,19,20). The number of carbonyl (C=O) groups is 1. The number of halogens is 1. The van der Waals surface area contributed by atoms with Crippen molar-refractivity contribution in [1.82, 2.24) is 4.72 Å². The molecule has 23 heavy (non-hydrogen) atoms. The van der Waals surface area contributed by atoms with Crippen LogP contribution in [0.15, 0.2) is 53.4 Å². The van der Waals surface area contributed by atoms with Gasteiger partial charge in [0, 0.05) is 15.8 Å². The van der Waals surface area contributed by atoms with Crippen molar-refractivity contribution >= 4 is 44.2 Å². The molecule has 0 spiro atoms. The van der Waals surface area contributed by atoms with E-state index in [1.165, 1.54) is 12.1 Å². The normalized spacial score (nSPS) is 11.2. The van der Waals surface area contributed by atoms with Crippen LogP contribution in [-0.4, -0.2) is 20.9 Å². The SMILES string of the molecule is CCCNS(=O)(=O)c1ccc(NC(=O)c2ccccc2I)cc1. The number of amides is 1. The Labute approximate surface area is 149 Å². The lowest BCUT2D eigenvalue weighted by Crippen LogP contribution is -2.24. The number of carbonyl (C=O) groups excluding carboxylic acids is 1. The Kier molecular flexibility index (Phi) is 6.14. The third kappa shape index (κ3) is 4.76. The Bertz CT molecular complexity index is 789. The molecular weight excluding hydrogens is 427 g/mol. The molecule has 0 atom stereocenters. The molecule has 0 aliphatic rings. The second-order valence-corrected chi connectivity index (χ2v) is 7.79. The lowest BCUT2D eigenvalue weighted by atomic mass is 10.2. The molecule has 2 aromatic carbocycles. The van der Waals surface area contributed by atoms with Gasteiger partial charge >= 0.3 is 0 Å². The minimum Gasteiger partial charge on any atom is -0.322 e. The fraction of sp³-hybridized carbons (Fsp3) is 0.188. The molecule has 0 saturated carbocycles. The first-order valence-electron chi connectivity index (χ1n) is 7.09. The number of sulfonamides is 1. The minimum atomic E-state index is -3.49. The Morgan fingerprint density at radius 2 is 1.74 bits per heavy atom. The Morgan fingerprint density at radius 1 is 1.09 bits per heavy atom. The molecule has 0 heterocycles. The van der Waals surface area contributed by atoms with E-state index in [9.17, 15) is 13.2 Å². The van der Waals surface area contributed by atoms with Gasteiger partial charge in [0.15, 0.2) is 0 Å². The van der Waals surface area contributed by atoms with Gasteiger partial charge in [-0.25, -0.2) is 13.1 Å². The van der Waals surface area contributed by atoms with Crippen LogP contribution in [0.1, 0.15) is 23.7 Å². The van der Waals surface area contributed by atoms with E-state index in [1.807, 2.05) is 19.1 Å². The number of anilines is 1. The van der Waals surface area contributed by atoms with E-state index in [2.05, 4.69) is 32.6 Å². The van der Waals surface area contributed by atoms with Crippen molar-refractivity contribution in [2.75, 3.05) is 11.9 Å². The highest BCUT2D eigenvalue weighted by atomic mass is 127. The zero-order valence-corrected chi connectivity index (χ0v) is 15.5. The Morgan fingerprint density at radius 3 is 2.35 bits per heavy atom. The molecule has 0 unspecified atom stereocenters. The monoisotopic (exact) mass is 444 g/mol. The number of hydrogen-bond donors (Lipinski definition) is 2. The van der Waals surface area contributed by atoms with Crippen molar-refractivity contribution in [2.24, 2.45) is 0 Å². The first-order valence-corrected chi connectivity index (χ1v) is 9.66. The first kappa shape index (κ1) is 17.9. The van der Waals surface area contributed by atoms with Gasteiger partial charge in [0.25, 0.3) is 5.91 Å². The summed E-state index contributed by atoms with van der Waals surface area (Å²) in [6, 6.07) is 13.4. The molecule has 2 rings (SSSR count). The zero-order chi connectivity index (χ0) is 16.9. The summed E-state index contributed by atoms with van der Waals surface area (Å²) in [6.45, 7) is 2.29. The summed E-state index contributed by atoms with van der Waals surface area (Å²) in [5.41, 5.74) is 1.12. The van der Waals surface area contributed by atoms with Crippen LogP contribution in [0.5, 0.6) is 0 Å². The predicted octanol–water partition coefficient (Wildman–Crippen LogP) is 3.23. The van der Waals surface area contributed by atoms with Crippen LogP contribution < -0.4 is 10.0 Å². The molecule has 0 saturated heterocycles. The van der Waals surface area contributed by atoms with Crippen LogP contribution in [0, 0.1) is 3.57 Å². The molecule has 2 aromatic rings. The molecule has 0 aromatic heterocycles. The molecule has 0 fully saturated rings. The van der Waals surface area contributed by atoms with Gasteiger partial charge < -0.3 is 5.32 Å². The molecule has 7 heteroatoms. The van der Waals surface area contributed by atoms with Gasteiger partial charge in [0.1, 0.15) is 0 Å². The van der Waals surface area contributed by atoms with Crippen LogP contribution in [-0.2, 0) is 10.0 Å². The minimum absolute atomic E-state index is 0.179. The fourth-order valence-electron chi connectivity index (χ4n) is 1.88. The van der Waals surface area contributed by atoms with Gasteiger partial charge in [0.05, 0.1) is 10.5 Å². The summed E-state index contributed by atoms with van der Waals surface area (Å²) in [5.74, 6) is -0.227. The zero-order valence-electron chi connectivity index (χ0n) is 12.5. The number of nitrogens with one attached hydrogen (secondary N) is 2. The second-order valence-electron chi connectivity index (χ2n) is 4.86. The molecule has 122 valence electrons. The molecule has 0 aliphatic carbocycles. The summed E-state index contributed by atoms with van der Waals surface area (Å²) < 4.78 is 27.3. The van der Waals surface area contributed by atoms with E-state index in [4.69, 9.17) is 0 Å². The summed E-state index contributed by atoms with van der Waals surface area (Å²) in [6.07, 6.45) is 0.725. The maximum atomic E-state index is 12.2. The van der Waals surface area contributed by atoms with Crippen LogP contribution >= 0.6 is 22.6 Å². The Hall–Kier alpha value is -1.45. The molecular formula is C16H17IN2O3S. The highest BCUT2D eigenvalue weighted by molar-refractivity contribution is 14.1. The Balaban J connectivity index is 2.12. The predicted molar refractivity (Wildman–Crippen MR) is 99.0 cm³/mol. The lowest BCUT2D eigenvalue weighted by Gasteiger charge is -2.09. The van der Waals surface area contributed by atoms with E-state index >= 15 is 0 Å². The van der Waals surface area contributed by atoms with Crippen LogP contribution in [0.2, 0.25) is 0 Å². The van der Waals surface area contributed by atoms with Gasteiger partial charge in [-0.2, -0.15) is 0 Å². The quantitative estimate of drug-likeness (QED) is 0.672. The molecule has 0 radical (unpaired) electrons. The van der Waals surface area contributed by atoms with Crippen molar-refractivity contribution in [3.63, 3.8) is 0 Å². The van der Waals surface area contributed by atoms with E-state index in [-0.39, 0.29) is 10.8 Å². The van der Waals surface area contributed by atoms with Gasteiger partial charge in [-0.3, -0.25) is 4.79 Å². The highest BCUT2D eigenvalue weighted by Crippen LogP contribution is 2.17. The molecule has 1 amide bonds. The van der Waals surface area contributed by atoms with Gasteiger partial charge in [-0.05, 0) is 65.4 Å². The lowest BCUT2D eigenvalue weighted by molar-refractivity contribution is 0.102. The third-order valence-electron chi connectivity index (χ3n) is 3.08. The van der Waals surface area contributed by atoms with Gasteiger partial charge in [-0.15, -0.1) is 0 Å². The van der Waals surface area contributed by atoms with E-state index in [0.29, 0.717) is 17.8 Å². The molecule has 5 nitrogen and oxygen atoms in total. The smallest absolute Gasteiger partial charge is 0.256 e. The largest absolute Gasteiger partial charge is 0.322 e. The van der Waals surface area contributed by atoms with Crippen molar-refractivity contribution in [2.45, 2.75) is 18.2 Å². The number of benzene rings is 2. The van der Waals surface area contributed by atoms with E-state index in [1.54, 1.807) is 24.3 Å². The fourth-order valence-corrected chi connectivity index (χ4v) is 3.65. The van der Waals surface area contributed by atoms with Crippen LogP contribution in [0.25, 0.3) is 0 Å². The average Bonchev–Trinajstić information content (AvgIpc) is 2.54. The van der Waals surface area contributed by atoms with Crippen molar-refractivity contribution in [3.05, 3.63) is 57.7 Å². The van der Waals surface area contributed by atoms with E-state index in [0.717, 1.165) is 9.99 Å². The van der Waals surface area contributed by atoms with Gasteiger partial charge in [0.2, 0.25) is 10.0 Å². The maximum Gasteiger partial charge on any atom is 0.256 e. The molecule has 0 bridgehead atoms. The second kappa shape index (κ2) is 7.89. The maximum absolute atomic E-state index is 12.2. The van der Waals surface area contributed by atoms with Gasteiger partial charge in [-0.1, -0.05) is 19.1 Å². The summed E-state index contributed by atoms with van der Waals surface area (Å²) in [7, 11) is -3.49. The summed E-state index contributed by atoms with van der Waals surface area (Å²) in [5, 5.41) is 2.76. The summed E-state index contributed by atoms with van der Waals surface area (Å²) in [4.78, 5) is 12.4. The van der Waals surface area contributed by atoms with Crippen LogP contribution in [0.4, 0.5) is 5.69 Å². The molecule has 0 aliphatic heterocycles. The first-order chi connectivity index (χ1) is 10.9. The topological polar surface area (TPSA) is 75.3 Å². The highest BCUT2D eigenvalue weighted by Gasteiger charge is 2.14. The van der Waals surface area contributed by atoms with Crippen LogP contribution in [0.3, 0.4) is 0 Å². The number of rotatable bonds is 6. The van der Waals surface area contributed by atoms with Crippen molar-refractivity contribution < 1.29 is 13.2 Å². The van der Waals surface area contributed by atoms with Crippen molar-refractivity contribution in [1.29, 1.82) is 0 Å².